The molecule has 0 saturated carbocycles. The molecule has 0 aliphatic carbocycles. The van der Waals surface area contributed by atoms with E-state index >= 15 is 0 Å². The van der Waals surface area contributed by atoms with E-state index in [0.717, 1.165) is 30.2 Å². The Bertz CT molecular complexity index is 913. The third-order valence-electron chi connectivity index (χ3n) is 4.52. The third-order valence-corrected chi connectivity index (χ3v) is 4.52. The van der Waals surface area contributed by atoms with Crippen LogP contribution in [0.5, 0.6) is 11.5 Å². The van der Waals surface area contributed by atoms with E-state index in [9.17, 15) is 4.79 Å². The van der Waals surface area contributed by atoms with Crippen molar-refractivity contribution in [2.75, 3.05) is 20.1 Å². The zero-order valence-corrected chi connectivity index (χ0v) is 14.5. The van der Waals surface area contributed by atoms with Gasteiger partial charge in [0, 0.05) is 24.8 Å². The van der Waals surface area contributed by atoms with Crippen molar-refractivity contribution in [3.63, 3.8) is 0 Å². The van der Waals surface area contributed by atoms with E-state index in [1.165, 1.54) is 0 Å². The lowest BCUT2D eigenvalue weighted by Crippen LogP contribution is -2.45. The molecule has 1 aliphatic heterocycles. The lowest BCUT2D eigenvalue weighted by atomic mass is 10.1. The fourth-order valence-corrected chi connectivity index (χ4v) is 3.11. The summed E-state index contributed by atoms with van der Waals surface area (Å²) in [5.74, 6) is 1.03. The highest BCUT2D eigenvalue weighted by molar-refractivity contribution is 5.98. The Hall–Kier alpha value is -3.12. The molecule has 2 heterocycles. The third kappa shape index (κ3) is 3.19. The quantitative estimate of drug-likeness (QED) is 0.769. The van der Waals surface area contributed by atoms with Crippen LogP contribution in [0.15, 0.2) is 60.8 Å². The number of nitrogens with zero attached hydrogens (tertiary/aromatic N) is 3. The molecular weight excluding hydrogens is 328 g/mol. The summed E-state index contributed by atoms with van der Waals surface area (Å²) in [7, 11) is 2.06. The van der Waals surface area contributed by atoms with E-state index in [-0.39, 0.29) is 6.04 Å². The summed E-state index contributed by atoms with van der Waals surface area (Å²) in [6.45, 7) is 1.84. The molecular formula is C20H20N4O2. The molecule has 26 heavy (non-hydrogen) atoms. The molecule has 0 atom stereocenters. The number of rotatable bonds is 5. The van der Waals surface area contributed by atoms with Crippen LogP contribution in [0.1, 0.15) is 16.4 Å². The number of ether oxygens (including phenoxy) is 1. The van der Waals surface area contributed by atoms with Gasteiger partial charge in [-0.3, -0.25) is 9.48 Å². The maximum atomic E-state index is 11.8. The second-order valence-electron chi connectivity index (χ2n) is 6.55. The van der Waals surface area contributed by atoms with Crippen LogP contribution in [0.25, 0.3) is 11.3 Å². The second-order valence-corrected chi connectivity index (χ2v) is 6.55. The molecule has 132 valence electrons. The number of benzene rings is 2. The molecule has 6 nitrogen and oxygen atoms in total. The van der Waals surface area contributed by atoms with Gasteiger partial charge in [0.25, 0.3) is 5.91 Å². The number of para-hydroxylation sites is 1. The van der Waals surface area contributed by atoms with Gasteiger partial charge in [0.2, 0.25) is 0 Å². The van der Waals surface area contributed by atoms with Gasteiger partial charge in [-0.05, 0) is 43.4 Å². The van der Waals surface area contributed by atoms with Crippen LogP contribution < -0.4 is 10.5 Å². The number of carbonyl (C=O) groups excluding carboxylic acids is 1. The molecule has 2 N–H and O–H groups in total. The SMILES string of the molecule is CN1CC(n2cc(C(N)=O)c(-c3ccc(Oc4ccccc4)cc3)n2)C1. The summed E-state index contributed by atoms with van der Waals surface area (Å²) in [5, 5.41) is 4.62. The van der Waals surface area contributed by atoms with Crippen LogP contribution in [0.2, 0.25) is 0 Å². The molecule has 1 fully saturated rings. The summed E-state index contributed by atoms with van der Waals surface area (Å²) in [6, 6.07) is 17.4. The largest absolute Gasteiger partial charge is 0.457 e. The van der Waals surface area contributed by atoms with Crippen LogP contribution in [0.3, 0.4) is 0 Å². The highest BCUT2D eigenvalue weighted by Crippen LogP contribution is 2.29. The number of aromatic nitrogens is 2. The summed E-state index contributed by atoms with van der Waals surface area (Å²) in [5.41, 5.74) is 7.45. The predicted molar refractivity (Wildman–Crippen MR) is 99.2 cm³/mol. The van der Waals surface area contributed by atoms with Crippen molar-refractivity contribution >= 4 is 5.91 Å². The van der Waals surface area contributed by atoms with Gasteiger partial charge in [0.1, 0.15) is 17.2 Å². The summed E-state index contributed by atoms with van der Waals surface area (Å²) in [4.78, 5) is 14.0. The number of hydrogen-bond donors (Lipinski definition) is 1. The highest BCUT2D eigenvalue weighted by atomic mass is 16.5. The van der Waals surface area contributed by atoms with Crippen molar-refractivity contribution in [2.24, 2.45) is 5.73 Å². The van der Waals surface area contributed by atoms with Crippen molar-refractivity contribution in [1.29, 1.82) is 0 Å². The number of primary amides is 1. The number of carbonyl (C=O) groups is 1. The number of nitrogens with two attached hydrogens (primary N) is 1. The Labute approximate surface area is 151 Å². The van der Waals surface area contributed by atoms with Crippen LogP contribution >= 0.6 is 0 Å². The number of amides is 1. The molecule has 0 bridgehead atoms. The first-order valence-electron chi connectivity index (χ1n) is 8.51. The van der Waals surface area contributed by atoms with E-state index < -0.39 is 5.91 Å². The fraction of sp³-hybridized carbons (Fsp3) is 0.200. The highest BCUT2D eigenvalue weighted by Gasteiger charge is 2.27. The molecule has 1 aliphatic rings. The van der Waals surface area contributed by atoms with Crippen LogP contribution in [-0.4, -0.2) is 40.7 Å². The van der Waals surface area contributed by atoms with Gasteiger partial charge in [0.15, 0.2) is 0 Å². The molecule has 1 saturated heterocycles. The minimum atomic E-state index is -0.469. The molecule has 0 spiro atoms. The first kappa shape index (κ1) is 16.4. The van der Waals surface area contributed by atoms with Crippen molar-refractivity contribution in [3.05, 3.63) is 66.4 Å². The van der Waals surface area contributed by atoms with E-state index in [1.807, 2.05) is 59.3 Å². The van der Waals surface area contributed by atoms with Crippen LogP contribution in [0.4, 0.5) is 0 Å². The monoisotopic (exact) mass is 348 g/mol. The molecule has 0 radical (unpaired) electrons. The molecule has 3 aromatic rings. The zero-order valence-electron chi connectivity index (χ0n) is 14.5. The van der Waals surface area contributed by atoms with Gasteiger partial charge >= 0.3 is 0 Å². The van der Waals surface area contributed by atoms with Crippen LogP contribution in [-0.2, 0) is 0 Å². The lowest BCUT2D eigenvalue weighted by Gasteiger charge is -2.36. The standard InChI is InChI=1S/C20H20N4O2/c1-23-11-15(12-23)24-13-18(20(21)25)19(22-24)14-7-9-17(10-8-14)26-16-5-3-2-4-6-16/h2-10,13,15H,11-12H2,1H3,(H2,21,25). The Kier molecular flexibility index (Phi) is 4.18. The van der Waals surface area contributed by atoms with Crippen molar-refractivity contribution in [3.8, 4) is 22.8 Å². The van der Waals surface area contributed by atoms with Gasteiger partial charge in [0.05, 0.1) is 11.6 Å². The smallest absolute Gasteiger partial charge is 0.252 e. The molecule has 6 heteroatoms. The molecule has 1 aromatic heterocycles. The molecule has 4 rings (SSSR count). The van der Waals surface area contributed by atoms with Gasteiger partial charge in [-0.15, -0.1) is 0 Å². The Morgan fingerprint density at radius 3 is 2.35 bits per heavy atom. The normalized spacial score (nSPS) is 14.8. The fourth-order valence-electron chi connectivity index (χ4n) is 3.11. The van der Waals surface area contributed by atoms with Crippen molar-refractivity contribution < 1.29 is 9.53 Å². The van der Waals surface area contributed by atoms with E-state index in [0.29, 0.717) is 11.3 Å². The topological polar surface area (TPSA) is 73.4 Å². The molecule has 2 aromatic carbocycles. The first-order valence-corrected chi connectivity index (χ1v) is 8.51. The van der Waals surface area contributed by atoms with Gasteiger partial charge in [-0.2, -0.15) is 5.10 Å². The van der Waals surface area contributed by atoms with Gasteiger partial charge < -0.3 is 15.4 Å². The molecule has 1 amide bonds. The van der Waals surface area contributed by atoms with Gasteiger partial charge in [-0.1, -0.05) is 18.2 Å². The van der Waals surface area contributed by atoms with E-state index in [2.05, 4.69) is 17.0 Å². The second kappa shape index (κ2) is 6.65. The number of likely N-dealkylation sites (tertiary alicyclic amines) is 1. The zero-order chi connectivity index (χ0) is 18.1. The lowest BCUT2D eigenvalue weighted by molar-refractivity contribution is 0.0999. The maximum absolute atomic E-state index is 11.8. The van der Waals surface area contributed by atoms with Crippen molar-refractivity contribution in [1.82, 2.24) is 14.7 Å². The van der Waals surface area contributed by atoms with Gasteiger partial charge in [-0.25, -0.2) is 0 Å². The summed E-state index contributed by atoms with van der Waals surface area (Å²) in [6.07, 6.45) is 1.75. The maximum Gasteiger partial charge on any atom is 0.252 e. The average molecular weight is 348 g/mol. The average Bonchev–Trinajstić information content (AvgIpc) is 3.06. The summed E-state index contributed by atoms with van der Waals surface area (Å²) < 4.78 is 7.66. The minimum absolute atomic E-state index is 0.285. The van der Waals surface area contributed by atoms with Crippen molar-refractivity contribution in [2.45, 2.75) is 6.04 Å². The number of likely N-dealkylation sites (N-methyl/N-ethyl adjacent to an activating group) is 1. The Morgan fingerprint density at radius 2 is 1.73 bits per heavy atom. The Balaban J connectivity index is 1.59. The Morgan fingerprint density at radius 1 is 1.08 bits per heavy atom. The predicted octanol–water partition coefficient (Wildman–Crippen LogP) is 2.93. The number of hydrogen-bond acceptors (Lipinski definition) is 4. The minimum Gasteiger partial charge on any atom is -0.457 e. The molecule has 0 unspecified atom stereocenters. The van der Waals surface area contributed by atoms with E-state index in [4.69, 9.17) is 10.5 Å². The summed E-state index contributed by atoms with van der Waals surface area (Å²) >= 11 is 0. The first-order chi connectivity index (χ1) is 12.6. The van der Waals surface area contributed by atoms with E-state index in [1.54, 1.807) is 6.20 Å². The van der Waals surface area contributed by atoms with Crippen LogP contribution in [0, 0.1) is 0 Å².